The first-order valence-electron chi connectivity index (χ1n) is 11.5. The van der Waals surface area contributed by atoms with Gasteiger partial charge in [-0.1, -0.05) is 55.3 Å². The minimum atomic E-state index is -3.44. The molecule has 2 aromatic carbocycles. The van der Waals surface area contributed by atoms with E-state index >= 15 is 0 Å². The number of nitrogens with zero attached hydrogens (tertiary/aromatic N) is 1. The summed E-state index contributed by atoms with van der Waals surface area (Å²) in [6.45, 7) is 5.23. The lowest BCUT2D eigenvalue weighted by molar-refractivity contribution is -0.120. The number of aryl methyl sites for hydroxylation is 1. The number of benzene rings is 2. The highest BCUT2D eigenvalue weighted by Crippen LogP contribution is 2.24. The van der Waals surface area contributed by atoms with E-state index < -0.39 is 10.0 Å². The van der Waals surface area contributed by atoms with Gasteiger partial charge < -0.3 is 10.6 Å². The number of para-hydroxylation sites is 1. The van der Waals surface area contributed by atoms with Crippen LogP contribution in [0, 0.1) is 12.8 Å². The summed E-state index contributed by atoms with van der Waals surface area (Å²) in [4.78, 5) is 25.4. The molecule has 1 saturated heterocycles. The molecule has 0 aromatic heterocycles. The summed E-state index contributed by atoms with van der Waals surface area (Å²) in [5, 5.41) is 5.76. The summed E-state index contributed by atoms with van der Waals surface area (Å²) in [5.74, 6) is -0.729. The number of anilines is 1. The minimum absolute atomic E-state index is 0.0370. The predicted molar refractivity (Wildman–Crippen MR) is 130 cm³/mol. The quantitative estimate of drug-likeness (QED) is 0.545. The van der Waals surface area contributed by atoms with Gasteiger partial charge in [-0.3, -0.25) is 9.59 Å². The van der Waals surface area contributed by atoms with Gasteiger partial charge in [0, 0.05) is 25.6 Å². The van der Waals surface area contributed by atoms with Gasteiger partial charge >= 0.3 is 0 Å². The van der Waals surface area contributed by atoms with E-state index in [0.717, 1.165) is 24.0 Å². The molecule has 178 valence electrons. The van der Waals surface area contributed by atoms with Gasteiger partial charge in [-0.25, -0.2) is 12.7 Å². The Kier molecular flexibility index (Phi) is 8.63. The highest BCUT2D eigenvalue weighted by molar-refractivity contribution is 7.88. The van der Waals surface area contributed by atoms with Crippen LogP contribution < -0.4 is 10.6 Å². The second-order valence-electron chi connectivity index (χ2n) is 8.56. The first kappa shape index (κ1) is 24.9. The number of unbranched alkanes of at least 4 members (excludes halogenated alkanes) is 1. The molecule has 1 aliphatic rings. The van der Waals surface area contributed by atoms with E-state index in [1.807, 2.05) is 31.2 Å². The van der Waals surface area contributed by atoms with Gasteiger partial charge in [0.2, 0.25) is 15.9 Å². The Morgan fingerprint density at radius 3 is 2.36 bits per heavy atom. The van der Waals surface area contributed by atoms with Crippen molar-refractivity contribution in [3.05, 3.63) is 65.2 Å². The topological polar surface area (TPSA) is 95.6 Å². The van der Waals surface area contributed by atoms with Crippen molar-refractivity contribution in [2.75, 3.05) is 25.0 Å². The monoisotopic (exact) mass is 471 g/mol. The molecule has 1 heterocycles. The van der Waals surface area contributed by atoms with Crippen molar-refractivity contribution in [3.63, 3.8) is 0 Å². The number of carbonyl (C=O) groups is 2. The van der Waals surface area contributed by atoms with Gasteiger partial charge in [0.25, 0.3) is 5.91 Å². The molecule has 0 bridgehead atoms. The molecule has 0 unspecified atom stereocenters. The largest absolute Gasteiger partial charge is 0.352 e. The van der Waals surface area contributed by atoms with Crippen molar-refractivity contribution < 1.29 is 18.0 Å². The molecule has 0 aliphatic carbocycles. The fourth-order valence-electron chi connectivity index (χ4n) is 3.88. The van der Waals surface area contributed by atoms with E-state index in [-0.39, 0.29) is 23.5 Å². The van der Waals surface area contributed by atoms with Crippen LogP contribution in [0.4, 0.5) is 5.69 Å². The number of rotatable bonds is 9. The number of piperidine rings is 1. The number of nitrogens with one attached hydrogen (secondary N) is 2. The lowest BCUT2D eigenvalue weighted by Crippen LogP contribution is -2.42. The number of hydrogen-bond donors (Lipinski definition) is 2. The smallest absolute Gasteiger partial charge is 0.253 e. The number of carbonyl (C=O) groups excluding carboxylic acids is 2. The van der Waals surface area contributed by atoms with Gasteiger partial charge in [-0.2, -0.15) is 0 Å². The van der Waals surface area contributed by atoms with Crippen LogP contribution in [0.1, 0.15) is 54.1 Å². The van der Waals surface area contributed by atoms with E-state index in [2.05, 4.69) is 17.6 Å². The Balaban J connectivity index is 1.56. The molecule has 1 fully saturated rings. The second kappa shape index (κ2) is 11.4. The average Bonchev–Trinajstić information content (AvgIpc) is 2.81. The van der Waals surface area contributed by atoms with Crippen LogP contribution in [0.5, 0.6) is 0 Å². The SMILES string of the molecule is CCCCNC(=O)c1ccccc1NC(=O)C1CCN(S(=O)(=O)Cc2ccc(C)cc2)CC1. The van der Waals surface area contributed by atoms with Crippen LogP contribution in [0.2, 0.25) is 0 Å². The molecule has 8 heteroatoms. The standard InChI is InChI=1S/C25H33N3O4S/c1-3-4-15-26-25(30)22-7-5-6-8-23(22)27-24(29)21-13-16-28(17-14-21)33(31,32)18-20-11-9-19(2)10-12-20/h5-12,21H,3-4,13-18H2,1-2H3,(H,26,30)(H,27,29). The summed E-state index contributed by atoms with van der Waals surface area (Å²) >= 11 is 0. The van der Waals surface area contributed by atoms with Crippen LogP contribution in [0.15, 0.2) is 48.5 Å². The fraction of sp³-hybridized carbons (Fsp3) is 0.440. The minimum Gasteiger partial charge on any atom is -0.352 e. The predicted octanol–water partition coefficient (Wildman–Crippen LogP) is 3.71. The molecular formula is C25H33N3O4S. The Hall–Kier alpha value is -2.71. The zero-order valence-corrected chi connectivity index (χ0v) is 20.2. The van der Waals surface area contributed by atoms with E-state index in [4.69, 9.17) is 0 Å². The first-order chi connectivity index (χ1) is 15.8. The van der Waals surface area contributed by atoms with E-state index in [0.29, 0.717) is 43.7 Å². The molecule has 1 aliphatic heterocycles. The summed E-state index contributed by atoms with van der Waals surface area (Å²) in [6.07, 6.45) is 2.78. The third-order valence-corrected chi connectivity index (χ3v) is 7.78. The number of sulfonamides is 1. The third kappa shape index (κ3) is 6.88. The average molecular weight is 472 g/mol. The first-order valence-corrected chi connectivity index (χ1v) is 13.1. The maximum atomic E-state index is 12.9. The Morgan fingerprint density at radius 2 is 1.70 bits per heavy atom. The van der Waals surface area contributed by atoms with Crippen molar-refractivity contribution in [1.29, 1.82) is 0 Å². The van der Waals surface area contributed by atoms with Crippen molar-refractivity contribution >= 4 is 27.5 Å². The lowest BCUT2D eigenvalue weighted by Gasteiger charge is -2.30. The second-order valence-corrected chi connectivity index (χ2v) is 10.5. The summed E-state index contributed by atoms with van der Waals surface area (Å²) in [5.41, 5.74) is 2.75. The molecule has 2 amide bonds. The molecular weight excluding hydrogens is 438 g/mol. The summed E-state index contributed by atoms with van der Waals surface area (Å²) in [7, 11) is -3.44. The number of amides is 2. The van der Waals surface area contributed by atoms with E-state index in [1.165, 1.54) is 4.31 Å². The maximum Gasteiger partial charge on any atom is 0.253 e. The Morgan fingerprint density at radius 1 is 1.03 bits per heavy atom. The van der Waals surface area contributed by atoms with Gasteiger partial charge in [-0.05, 0) is 43.9 Å². The lowest BCUT2D eigenvalue weighted by atomic mass is 9.97. The molecule has 0 radical (unpaired) electrons. The molecule has 0 spiro atoms. The summed E-state index contributed by atoms with van der Waals surface area (Å²) in [6, 6.07) is 14.4. The molecule has 2 aromatic rings. The molecule has 0 saturated carbocycles. The zero-order chi connectivity index (χ0) is 23.8. The normalized spacial score (nSPS) is 15.2. The van der Waals surface area contributed by atoms with Gasteiger partial charge in [0.15, 0.2) is 0 Å². The third-order valence-electron chi connectivity index (χ3n) is 5.93. The summed E-state index contributed by atoms with van der Waals surface area (Å²) < 4.78 is 27.1. The van der Waals surface area contributed by atoms with Gasteiger partial charge in [-0.15, -0.1) is 0 Å². The van der Waals surface area contributed by atoms with Gasteiger partial charge in [0.1, 0.15) is 0 Å². The molecule has 33 heavy (non-hydrogen) atoms. The van der Waals surface area contributed by atoms with Crippen LogP contribution in [0.3, 0.4) is 0 Å². The van der Waals surface area contributed by atoms with Crippen LogP contribution in [-0.2, 0) is 20.6 Å². The van der Waals surface area contributed by atoms with Crippen molar-refractivity contribution in [2.24, 2.45) is 5.92 Å². The van der Waals surface area contributed by atoms with Crippen molar-refractivity contribution in [2.45, 2.75) is 45.3 Å². The molecule has 7 nitrogen and oxygen atoms in total. The van der Waals surface area contributed by atoms with Crippen molar-refractivity contribution in [1.82, 2.24) is 9.62 Å². The molecule has 0 atom stereocenters. The van der Waals surface area contributed by atoms with Crippen LogP contribution >= 0.6 is 0 Å². The van der Waals surface area contributed by atoms with E-state index in [9.17, 15) is 18.0 Å². The highest BCUT2D eigenvalue weighted by Gasteiger charge is 2.31. The van der Waals surface area contributed by atoms with Crippen LogP contribution in [0.25, 0.3) is 0 Å². The molecule has 3 rings (SSSR count). The number of hydrogen-bond acceptors (Lipinski definition) is 4. The Bertz CT molecular complexity index is 1060. The maximum absolute atomic E-state index is 12.9. The van der Waals surface area contributed by atoms with Gasteiger partial charge in [0.05, 0.1) is 17.0 Å². The van der Waals surface area contributed by atoms with Crippen molar-refractivity contribution in [3.8, 4) is 0 Å². The van der Waals surface area contributed by atoms with Crippen LogP contribution in [-0.4, -0.2) is 44.2 Å². The van der Waals surface area contributed by atoms with E-state index in [1.54, 1.807) is 24.3 Å². The molecule has 2 N–H and O–H groups in total. The highest BCUT2D eigenvalue weighted by atomic mass is 32.2. The fourth-order valence-corrected chi connectivity index (χ4v) is 5.44. The Labute approximate surface area is 196 Å². The zero-order valence-electron chi connectivity index (χ0n) is 19.3.